The third kappa shape index (κ3) is 3.70. The third-order valence-corrected chi connectivity index (χ3v) is 6.48. The average Bonchev–Trinajstić information content (AvgIpc) is 2.93. The molecule has 4 nitrogen and oxygen atoms in total. The molecule has 1 heterocycles. The van der Waals surface area contributed by atoms with Crippen LogP contribution in [0.25, 0.3) is 0 Å². The fourth-order valence-electron chi connectivity index (χ4n) is 3.74. The highest BCUT2D eigenvalue weighted by molar-refractivity contribution is 7.89. The number of ether oxygens (including phenoxy) is 1. The van der Waals surface area contributed by atoms with Gasteiger partial charge >= 0.3 is 0 Å². The van der Waals surface area contributed by atoms with Crippen LogP contribution in [0.5, 0.6) is 0 Å². The van der Waals surface area contributed by atoms with Crippen LogP contribution in [0.2, 0.25) is 0 Å². The van der Waals surface area contributed by atoms with Crippen LogP contribution in [0.15, 0.2) is 0 Å². The van der Waals surface area contributed by atoms with E-state index in [1.807, 2.05) is 0 Å². The van der Waals surface area contributed by atoms with Crippen LogP contribution in [0.3, 0.4) is 0 Å². The summed E-state index contributed by atoms with van der Waals surface area (Å²) in [6.45, 7) is 1.33. The van der Waals surface area contributed by atoms with Crippen molar-refractivity contribution in [2.24, 2.45) is 17.8 Å². The van der Waals surface area contributed by atoms with E-state index in [0.717, 1.165) is 18.8 Å². The molecule has 2 aliphatic carbocycles. The lowest BCUT2D eigenvalue weighted by atomic mass is 9.86. The van der Waals surface area contributed by atoms with Crippen molar-refractivity contribution in [2.75, 3.05) is 19.0 Å². The second-order valence-electron chi connectivity index (χ2n) is 6.53. The third-order valence-electron chi connectivity index (χ3n) is 4.91. The van der Waals surface area contributed by atoms with Crippen LogP contribution >= 0.6 is 0 Å². The molecule has 3 atom stereocenters. The van der Waals surface area contributed by atoms with Crippen molar-refractivity contribution in [2.45, 2.75) is 51.0 Å². The Kier molecular flexibility index (Phi) is 4.15. The minimum absolute atomic E-state index is 0.199. The Morgan fingerprint density at radius 1 is 1.11 bits per heavy atom. The van der Waals surface area contributed by atoms with Crippen molar-refractivity contribution >= 4 is 10.0 Å². The quantitative estimate of drug-likeness (QED) is 0.840. The number of hydrogen-bond donors (Lipinski definition) is 1. The molecule has 0 radical (unpaired) electrons. The maximum atomic E-state index is 12.1. The maximum Gasteiger partial charge on any atom is 0.212 e. The molecule has 5 heteroatoms. The standard InChI is InChI=1S/C14H25NO3S/c16-19(17,10-11-6-7-18-9-11)15-14-8-13(14)12-4-2-1-3-5-12/h11-15H,1-10H2/t11-,13-,14-/m1/s1. The van der Waals surface area contributed by atoms with Gasteiger partial charge in [0, 0.05) is 12.6 Å². The molecule has 1 saturated heterocycles. The number of sulfonamides is 1. The zero-order valence-corrected chi connectivity index (χ0v) is 12.3. The SMILES string of the molecule is O=S(=O)(C[C@@H]1CCOC1)N[C@@H]1C[C@@H]1C1CCCCC1. The molecule has 3 rings (SSSR count). The monoisotopic (exact) mass is 287 g/mol. The molecule has 0 amide bonds. The topological polar surface area (TPSA) is 55.4 Å². The summed E-state index contributed by atoms with van der Waals surface area (Å²) >= 11 is 0. The first-order valence-corrected chi connectivity index (χ1v) is 9.37. The number of rotatable bonds is 5. The summed E-state index contributed by atoms with van der Waals surface area (Å²) in [6.07, 6.45) is 8.59. The van der Waals surface area contributed by atoms with Crippen LogP contribution in [0.4, 0.5) is 0 Å². The largest absolute Gasteiger partial charge is 0.381 e. The van der Waals surface area contributed by atoms with Gasteiger partial charge < -0.3 is 4.74 Å². The van der Waals surface area contributed by atoms with E-state index >= 15 is 0 Å². The predicted octanol–water partition coefficient (Wildman–Crippen LogP) is 1.91. The molecule has 1 aliphatic heterocycles. The minimum atomic E-state index is -3.10. The summed E-state index contributed by atoms with van der Waals surface area (Å²) in [4.78, 5) is 0. The van der Waals surface area contributed by atoms with Crippen LogP contribution in [0, 0.1) is 17.8 Å². The highest BCUT2D eigenvalue weighted by Crippen LogP contribution is 2.44. The van der Waals surface area contributed by atoms with Crippen molar-refractivity contribution in [3.63, 3.8) is 0 Å². The van der Waals surface area contributed by atoms with E-state index in [1.54, 1.807) is 0 Å². The van der Waals surface area contributed by atoms with Crippen LogP contribution in [-0.4, -0.2) is 33.4 Å². The van der Waals surface area contributed by atoms with E-state index < -0.39 is 10.0 Å². The molecule has 2 saturated carbocycles. The molecule has 110 valence electrons. The van der Waals surface area contributed by atoms with Gasteiger partial charge in [0.15, 0.2) is 0 Å². The molecule has 19 heavy (non-hydrogen) atoms. The highest BCUT2D eigenvalue weighted by Gasteiger charge is 2.45. The van der Waals surface area contributed by atoms with Gasteiger partial charge in [-0.2, -0.15) is 0 Å². The fourth-order valence-corrected chi connectivity index (χ4v) is 5.45. The van der Waals surface area contributed by atoms with E-state index in [4.69, 9.17) is 4.74 Å². The van der Waals surface area contributed by atoms with Gasteiger partial charge in [-0.3, -0.25) is 0 Å². The van der Waals surface area contributed by atoms with E-state index in [9.17, 15) is 8.42 Å². The summed E-state index contributed by atoms with van der Waals surface area (Å²) in [5.74, 6) is 1.84. The lowest BCUT2D eigenvalue weighted by Crippen LogP contribution is -2.33. The first kappa shape index (κ1) is 13.8. The van der Waals surface area contributed by atoms with Gasteiger partial charge in [0.25, 0.3) is 0 Å². The normalized spacial score (nSPS) is 36.5. The van der Waals surface area contributed by atoms with Gasteiger partial charge in [-0.05, 0) is 30.6 Å². The molecule has 0 spiro atoms. The summed E-state index contributed by atoms with van der Waals surface area (Å²) in [7, 11) is -3.10. The summed E-state index contributed by atoms with van der Waals surface area (Å²) in [6, 6.07) is 0.232. The summed E-state index contributed by atoms with van der Waals surface area (Å²) in [5.41, 5.74) is 0. The molecule has 3 fully saturated rings. The Morgan fingerprint density at radius 3 is 2.58 bits per heavy atom. The molecular formula is C14H25NO3S. The summed E-state index contributed by atoms with van der Waals surface area (Å²) < 4.78 is 32.4. The van der Waals surface area contributed by atoms with Crippen molar-refractivity contribution < 1.29 is 13.2 Å². The minimum Gasteiger partial charge on any atom is -0.381 e. The zero-order chi connectivity index (χ0) is 13.3. The van der Waals surface area contributed by atoms with E-state index in [0.29, 0.717) is 19.1 Å². The lowest BCUT2D eigenvalue weighted by molar-refractivity contribution is 0.188. The van der Waals surface area contributed by atoms with Crippen molar-refractivity contribution in [3.8, 4) is 0 Å². The van der Waals surface area contributed by atoms with Crippen LogP contribution in [-0.2, 0) is 14.8 Å². The molecule has 3 aliphatic rings. The molecule has 0 bridgehead atoms. The predicted molar refractivity (Wildman–Crippen MR) is 74.3 cm³/mol. The zero-order valence-electron chi connectivity index (χ0n) is 11.5. The van der Waals surface area contributed by atoms with Gasteiger partial charge in [-0.15, -0.1) is 0 Å². The van der Waals surface area contributed by atoms with Gasteiger partial charge in [0.05, 0.1) is 12.4 Å². The molecule has 0 aromatic rings. The van der Waals surface area contributed by atoms with Crippen molar-refractivity contribution in [1.29, 1.82) is 0 Å². The molecule has 0 unspecified atom stereocenters. The first-order chi connectivity index (χ1) is 9.14. The van der Waals surface area contributed by atoms with Gasteiger partial charge in [0.1, 0.15) is 0 Å². The summed E-state index contributed by atoms with van der Waals surface area (Å²) in [5, 5.41) is 0. The Balaban J connectivity index is 1.46. The van der Waals surface area contributed by atoms with E-state index in [2.05, 4.69) is 4.72 Å². The average molecular weight is 287 g/mol. The smallest absolute Gasteiger partial charge is 0.212 e. The molecule has 0 aromatic heterocycles. The van der Waals surface area contributed by atoms with Gasteiger partial charge in [0.2, 0.25) is 10.0 Å². The van der Waals surface area contributed by atoms with Gasteiger partial charge in [-0.25, -0.2) is 13.1 Å². The number of nitrogens with one attached hydrogen (secondary N) is 1. The van der Waals surface area contributed by atoms with Crippen LogP contribution in [0.1, 0.15) is 44.9 Å². The number of hydrogen-bond acceptors (Lipinski definition) is 3. The first-order valence-electron chi connectivity index (χ1n) is 7.72. The lowest BCUT2D eigenvalue weighted by Gasteiger charge is -2.21. The Labute approximate surface area is 116 Å². The Bertz CT molecular complexity index is 397. The maximum absolute atomic E-state index is 12.1. The van der Waals surface area contributed by atoms with Gasteiger partial charge in [-0.1, -0.05) is 32.1 Å². The van der Waals surface area contributed by atoms with Crippen molar-refractivity contribution in [1.82, 2.24) is 4.72 Å². The molecular weight excluding hydrogens is 262 g/mol. The fraction of sp³-hybridized carbons (Fsp3) is 1.00. The Hall–Kier alpha value is -0.130. The second kappa shape index (κ2) is 5.70. The Morgan fingerprint density at radius 2 is 1.89 bits per heavy atom. The molecule has 1 N–H and O–H groups in total. The van der Waals surface area contributed by atoms with E-state index in [-0.39, 0.29) is 17.7 Å². The highest BCUT2D eigenvalue weighted by atomic mass is 32.2. The van der Waals surface area contributed by atoms with E-state index in [1.165, 1.54) is 32.1 Å². The molecule has 0 aromatic carbocycles. The van der Waals surface area contributed by atoms with Crippen molar-refractivity contribution in [3.05, 3.63) is 0 Å². The van der Waals surface area contributed by atoms with Crippen LogP contribution < -0.4 is 4.72 Å². The second-order valence-corrected chi connectivity index (χ2v) is 8.33.